The zero-order chi connectivity index (χ0) is 24.2. The quantitative estimate of drug-likeness (QED) is 0.332. The molecule has 0 bridgehead atoms. The van der Waals surface area contributed by atoms with Crippen molar-refractivity contribution < 1.29 is 14.3 Å². The summed E-state index contributed by atoms with van der Waals surface area (Å²) in [5, 5.41) is 7.90. The van der Waals surface area contributed by atoms with Crippen LogP contribution in [-0.2, 0) is 6.61 Å². The maximum atomic E-state index is 13.0. The smallest absolute Gasteiger partial charge is 0.259 e. The molecule has 0 unspecified atom stereocenters. The molecule has 5 aromatic rings. The van der Waals surface area contributed by atoms with Crippen molar-refractivity contribution in [2.75, 3.05) is 10.6 Å². The molecule has 2 aromatic carbocycles. The lowest BCUT2D eigenvalue weighted by Crippen LogP contribution is -2.14. The van der Waals surface area contributed by atoms with E-state index in [2.05, 4.69) is 20.6 Å². The molecule has 35 heavy (non-hydrogen) atoms. The van der Waals surface area contributed by atoms with Gasteiger partial charge in [0.15, 0.2) is 5.13 Å². The number of pyridine rings is 1. The molecule has 0 spiro atoms. The van der Waals surface area contributed by atoms with E-state index in [-0.39, 0.29) is 18.4 Å². The number of aromatic nitrogens is 3. The monoisotopic (exact) mass is 483 g/mol. The van der Waals surface area contributed by atoms with Crippen molar-refractivity contribution >= 4 is 39.6 Å². The molecular weight excluding hydrogens is 462 g/mol. The predicted octanol–water partition coefficient (Wildman–Crippen LogP) is 5.18. The van der Waals surface area contributed by atoms with E-state index in [0.29, 0.717) is 27.7 Å². The van der Waals surface area contributed by atoms with Gasteiger partial charge in [0.1, 0.15) is 18.0 Å². The highest BCUT2D eigenvalue weighted by Gasteiger charge is 2.14. The van der Waals surface area contributed by atoms with E-state index in [1.165, 1.54) is 11.3 Å². The van der Waals surface area contributed by atoms with E-state index < -0.39 is 0 Å². The van der Waals surface area contributed by atoms with Crippen LogP contribution in [0.5, 0.6) is 5.75 Å². The van der Waals surface area contributed by atoms with Crippen LogP contribution in [-0.4, -0.2) is 26.2 Å². The Morgan fingerprint density at radius 2 is 1.83 bits per heavy atom. The predicted molar refractivity (Wildman–Crippen MR) is 135 cm³/mol. The van der Waals surface area contributed by atoms with Gasteiger partial charge in [-0.1, -0.05) is 18.2 Å². The fourth-order valence-corrected chi connectivity index (χ4v) is 4.09. The Bertz CT molecular complexity index is 1490. The van der Waals surface area contributed by atoms with Crippen molar-refractivity contribution in [3.05, 3.63) is 107 Å². The van der Waals surface area contributed by atoms with Crippen molar-refractivity contribution in [2.24, 2.45) is 0 Å². The third kappa shape index (κ3) is 5.04. The Hall–Kier alpha value is -4.50. The number of nitrogens with zero attached hydrogens (tertiary/aromatic N) is 3. The van der Waals surface area contributed by atoms with Crippen LogP contribution in [0.3, 0.4) is 0 Å². The topological polar surface area (TPSA) is 97.6 Å². The van der Waals surface area contributed by atoms with Gasteiger partial charge in [-0.3, -0.25) is 14.9 Å². The average molecular weight is 484 g/mol. The molecule has 8 nitrogen and oxygen atoms in total. The molecule has 5 rings (SSSR count). The minimum Gasteiger partial charge on any atom is -0.486 e. The number of hydrogen-bond donors (Lipinski definition) is 2. The van der Waals surface area contributed by atoms with Crippen LogP contribution in [0.25, 0.3) is 5.65 Å². The number of anilines is 2. The maximum absolute atomic E-state index is 13.0. The molecule has 0 aliphatic rings. The number of para-hydroxylation sites is 1. The summed E-state index contributed by atoms with van der Waals surface area (Å²) in [6.07, 6.45) is 5.48. The molecule has 3 aromatic heterocycles. The van der Waals surface area contributed by atoms with Crippen LogP contribution in [0.15, 0.2) is 84.6 Å². The van der Waals surface area contributed by atoms with Gasteiger partial charge in [0.05, 0.1) is 11.3 Å². The van der Waals surface area contributed by atoms with E-state index >= 15 is 0 Å². The number of aryl methyl sites for hydroxylation is 1. The molecule has 0 saturated carbocycles. The number of imidazole rings is 1. The number of fused-ring (bicyclic) bond motifs is 1. The lowest BCUT2D eigenvalue weighted by molar-refractivity contribution is 0.101. The zero-order valence-electron chi connectivity index (χ0n) is 18.8. The van der Waals surface area contributed by atoms with Gasteiger partial charge in [-0.05, 0) is 55.0 Å². The number of ether oxygens (including phenoxy) is 1. The number of carbonyl (C=O) groups excluding carboxylic acids is 2. The third-order valence-corrected chi connectivity index (χ3v) is 5.98. The van der Waals surface area contributed by atoms with Crippen LogP contribution in [0.1, 0.15) is 32.0 Å². The maximum Gasteiger partial charge on any atom is 0.259 e. The first kappa shape index (κ1) is 22.3. The lowest BCUT2D eigenvalue weighted by atomic mass is 10.1. The minimum atomic E-state index is -0.313. The van der Waals surface area contributed by atoms with Crippen LogP contribution < -0.4 is 15.4 Å². The molecule has 2 N–H and O–H groups in total. The molecule has 174 valence electrons. The number of hydrogen-bond acceptors (Lipinski definition) is 6. The fraction of sp³-hybridized carbons (Fsp3) is 0.0769. The lowest BCUT2D eigenvalue weighted by Gasteiger charge is -2.11. The number of nitrogens with one attached hydrogen (secondary N) is 2. The molecule has 0 saturated heterocycles. The third-order valence-electron chi connectivity index (χ3n) is 5.29. The number of benzene rings is 2. The Labute approximate surface area is 205 Å². The highest BCUT2D eigenvalue weighted by molar-refractivity contribution is 7.13. The van der Waals surface area contributed by atoms with Gasteiger partial charge in [0.25, 0.3) is 11.8 Å². The van der Waals surface area contributed by atoms with E-state index in [9.17, 15) is 9.59 Å². The van der Waals surface area contributed by atoms with Crippen LogP contribution in [0.4, 0.5) is 10.8 Å². The molecule has 0 aliphatic heterocycles. The first-order chi connectivity index (χ1) is 17.1. The molecular formula is C26H21N5O3S. The molecule has 3 heterocycles. The van der Waals surface area contributed by atoms with Crippen LogP contribution in [0.2, 0.25) is 0 Å². The van der Waals surface area contributed by atoms with Crippen LogP contribution in [0, 0.1) is 6.92 Å². The summed E-state index contributed by atoms with van der Waals surface area (Å²) in [5.41, 5.74) is 4.14. The van der Waals surface area contributed by atoms with Crippen molar-refractivity contribution in [1.82, 2.24) is 14.4 Å². The normalized spacial score (nSPS) is 10.8. The van der Waals surface area contributed by atoms with Crippen molar-refractivity contribution in [3.8, 4) is 5.75 Å². The summed E-state index contributed by atoms with van der Waals surface area (Å²) >= 11 is 1.34. The van der Waals surface area contributed by atoms with E-state index in [4.69, 9.17) is 4.74 Å². The van der Waals surface area contributed by atoms with Gasteiger partial charge in [0, 0.05) is 35.2 Å². The molecule has 0 aliphatic carbocycles. The minimum absolute atomic E-state index is 0.230. The molecule has 0 radical (unpaired) electrons. The van der Waals surface area contributed by atoms with Crippen molar-refractivity contribution in [2.45, 2.75) is 13.5 Å². The summed E-state index contributed by atoms with van der Waals surface area (Å²) in [7, 11) is 0. The number of thiazole rings is 1. The van der Waals surface area contributed by atoms with E-state index in [0.717, 1.165) is 16.9 Å². The summed E-state index contributed by atoms with van der Waals surface area (Å²) in [6.45, 7) is 2.24. The van der Waals surface area contributed by atoms with Gasteiger partial charge >= 0.3 is 0 Å². The summed E-state index contributed by atoms with van der Waals surface area (Å²) in [6, 6.07) is 17.7. The molecule has 0 fully saturated rings. The van der Waals surface area contributed by atoms with Crippen molar-refractivity contribution in [3.63, 3.8) is 0 Å². The highest BCUT2D eigenvalue weighted by Crippen LogP contribution is 2.22. The number of amides is 2. The Balaban J connectivity index is 1.25. The second-order valence-electron chi connectivity index (χ2n) is 7.76. The number of rotatable bonds is 7. The SMILES string of the molecule is Cc1cccn2cc(COc3ccccc3C(=O)Nc3ccc(C(=O)Nc4nccs4)cc3)nc12. The van der Waals surface area contributed by atoms with E-state index in [1.54, 1.807) is 54.0 Å². The Morgan fingerprint density at radius 1 is 1.00 bits per heavy atom. The van der Waals surface area contributed by atoms with Gasteiger partial charge in [0.2, 0.25) is 0 Å². The van der Waals surface area contributed by atoms with Gasteiger partial charge in [-0.15, -0.1) is 11.3 Å². The fourth-order valence-electron chi connectivity index (χ4n) is 3.56. The molecule has 2 amide bonds. The first-order valence-corrected chi connectivity index (χ1v) is 11.7. The molecule has 9 heteroatoms. The van der Waals surface area contributed by atoms with E-state index in [1.807, 2.05) is 41.9 Å². The highest BCUT2D eigenvalue weighted by atomic mass is 32.1. The summed E-state index contributed by atoms with van der Waals surface area (Å²) in [4.78, 5) is 33.9. The number of carbonyl (C=O) groups is 2. The van der Waals surface area contributed by atoms with Crippen molar-refractivity contribution in [1.29, 1.82) is 0 Å². The standard InChI is InChI=1S/C26H21N5O3S/c1-17-5-4-13-31-15-20(28-23(17)31)16-34-22-7-3-2-6-21(22)25(33)29-19-10-8-18(9-11-19)24(32)30-26-27-12-14-35-26/h2-15H,16H2,1H3,(H,29,33)(H,27,30,32). The Morgan fingerprint density at radius 3 is 2.60 bits per heavy atom. The van der Waals surface area contributed by atoms with Gasteiger partial charge in [-0.25, -0.2) is 9.97 Å². The summed E-state index contributed by atoms with van der Waals surface area (Å²) in [5.74, 6) is -0.122. The largest absolute Gasteiger partial charge is 0.486 e. The van der Waals surface area contributed by atoms with Crippen LogP contribution >= 0.6 is 11.3 Å². The van der Waals surface area contributed by atoms with Gasteiger partial charge < -0.3 is 14.5 Å². The first-order valence-electron chi connectivity index (χ1n) is 10.8. The zero-order valence-corrected chi connectivity index (χ0v) is 19.6. The summed E-state index contributed by atoms with van der Waals surface area (Å²) < 4.78 is 7.91. The Kier molecular flexibility index (Phi) is 6.23. The second-order valence-corrected chi connectivity index (χ2v) is 8.66. The average Bonchev–Trinajstić information content (AvgIpc) is 3.54. The molecule has 0 atom stereocenters. The second kappa shape index (κ2) is 9.78. The van der Waals surface area contributed by atoms with Gasteiger partial charge in [-0.2, -0.15) is 0 Å².